The van der Waals surface area contributed by atoms with Crippen LogP contribution in [-0.4, -0.2) is 42.8 Å². The van der Waals surface area contributed by atoms with Gasteiger partial charge in [0.2, 0.25) is 0 Å². The van der Waals surface area contributed by atoms with Crippen LogP contribution < -0.4 is 4.90 Å². The first-order valence-electron chi connectivity index (χ1n) is 7.18. The van der Waals surface area contributed by atoms with Crippen molar-refractivity contribution in [1.82, 2.24) is 4.90 Å². The zero-order valence-corrected chi connectivity index (χ0v) is 12.0. The third-order valence-electron chi connectivity index (χ3n) is 4.41. The molecular weight excluding hydrogens is 252 g/mol. The van der Waals surface area contributed by atoms with Crippen LogP contribution in [0, 0.1) is 0 Å². The van der Waals surface area contributed by atoms with Gasteiger partial charge in [-0.1, -0.05) is 0 Å². The van der Waals surface area contributed by atoms with Crippen molar-refractivity contribution < 1.29 is 9.59 Å². The van der Waals surface area contributed by atoms with E-state index in [0.29, 0.717) is 18.6 Å². The van der Waals surface area contributed by atoms with Crippen LogP contribution in [0.15, 0.2) is 24.3 Å². The Labute approximate surface area is 119 Å². The highest BCUT2D eigenvalue weighted by Gasteiger charge is 2.42. The zero-order chi connectivity index (χ0) is 14.3. The molecule has 0 radical (unpaired) electrons. The maximum absolute atomic E-state index is 12.6. The fourth-order valence-electron chi connectivity index (χ4n) is 3.35. The standard InChI is InChI=1S/C16H20N2O2/c1-17(2)12-5-3-11(4-6-12)16(20)18-13-7-8-14(18)10-15(19)9-13/h3-6,13-14H,7-10H2,1-2H3. The smallest absolute Gasteiger partial charge is 0.254 e. The Kier molecular flexibility index (Phi) is 3.24. The highest BCUT2D eigenvalue weighted by Crippen LogP contribution is 2.35. The molecule has 0 N–H and O–H groups in total. The average molecular weight is 272 g/mol. The number of amides is 1. The number of hydrogen-bond acceptors (Lipinski definition) is 3. The Bertz CT molecular complexity index is 520. The number of nitrogens with zero attached hydrogens (tertiary/aromatic N) is 2. The molecule has 0 aromatic heterocycles. The summed E-state index contributed by atoms with van der Waals surface area (Å²) in [5.41, 5.74) is 1.81. The molecule has 2 aliphatic rings. The highest BCUT2D eigenvalue weighted by atomic mass is 16.2. The van der Waals surface area contributed by atoms with E-state index in [1.807, 2.05) is 48.2 Å². The van der Waals surface area contributed by atoms with Crippen LogP contribution in [-0.2, 0) is 4.79 Å². The van der Waals surface area contributed by atoms with Gasteiger partial charge in [0.05, 0.1) is 0 Å². The number of benzene rings is 1. The summed E-state index contributed by atoms with van der Waals surface area (Å²) in [6.07, 6.45) is 3.02. The number of carbonyl (C=O) groups is 2. The summed E-state index contributed by atoms with van der Waals surface area (Å²) in [5.74, 6) is 0.389. The summed E-state index contributed by atoms with van der Waals surface area (Å²) in [7, 11) is 3.96. The van der Waals surface area contributed by atoms with E-state index in [-0.39, 0.29) is 18.0 Å². The quantitative estimate of drug-likeness (QED) is 0.827. The van der Waals surface area contributed by atoms with E-state index in [4.69, 9.17) is 0 Å². The van der Waals surface area contributed by atoms with Crippen molar-refractivity contribution in [3.05, 3.63) is 29.8 Å². The number of Topliss-reactive ketones (excluding diaryl/α,β-unsaturated/α-hetero) is 1. The Hall–Kier alpha value is -1.84. The molecule has 2 aliphatic heterocycles. The average Bonchev–Trinajstić information content (AvgIpc) is 2.70. The number of fused-ring (bicyclic) bond motifs is 2. The van der Waals surface area contributed by atoms with Gasteiger partial charge in [-0.25, -0.2) is 0 Å². The van der Waals surface area contributed by atoms with E-state index in [1.54, 1.807) is 0 Å². The van der Waals surface area contributed by atoms with E-state index >= 15 is 0 Å². The summed E-state index contributed by atoms with van der Waals surface area (Å²) < 4.78 is 0. The largest absolute Gasteiger partial charge is 0.378 e. The lowest BCUT2D eigenvalue weighted by molar-refractivity contribution is -0.122. The molecule has 1 aromatic rings. The molecule has 1 aromatic carbocycles. The van der Waals surface area contributed by atoms with Crippen molar-refractivity contribution in [2.24, 2.45) is 0 Å². The summed E-state index contributed by atoms with van der Waals surface area (Å²) in [5, 5.41) is 0. The predicted molar refractivity (Wildman–Crippen MR) is 78.0 cm³/mol. The minimum Gasteiger partial charge on any atom is -0.378 e. The molecule has 1 amide bonds. The van der Waals surface area contributed by atoms with Gasteiger partial charge in [0.15, 0.2) is 0 Å². The Balaban J connectivity index is 1.81. The topological polar surface area (TPSA) is 40.6 Å². The van der Waals surface area contributed by atoms with Crippen LogP contribution in [0.5, 0.6) is 0 Å². The van der Waals surface area contributed by atoms with Crippen molar-refractivity contribution >= 4 is 17.4 Å². The predicted octanol–water partition coefficient (Wildman–Crippen LogP) is 2.09. The molecule has 0 saturated carbocycles. The van der Waals surface area contributed by atoms with Crippen LogP contribution in [0.4, 0.5) is 5.69 Å². The minimum atomic E-state index is 0.0790. The molecular formula is C16H20N2O2. The summed E-state index contributed by atoms with van der Waals surface area (Å²) in [6, 6.07) is 7.94. The molecule has 2 bridgehead atoms. The van der Waals surface area contributed by atoms with E-state index in [9.17, 15) is 9.59 Å². The Morgan fingerprint density at radius 2 is 1.65 bits per heavy atom. The fraction of sp³-hybridized carbons (Fsp3) is 0.500. The van der Waals surface area contributed by atoms with Crippen LogP contribution in [0.25, 0.3) is 0 Å². The number of piperidine rings is 1. The molecule has 2 saturated heterocycles. The first kappa shape index (κ1) is 13.2. The first-order chi connectivity index (χ1) is 9.56. The third-order valence-corrected chi connectivity index (χ3v) is 4.41. The first-order valence-corrected chi connectivity index (χ1v) is 7.18. The minimum absolute atomic E-state index is 0.0790. The molecule has 2 heterocycles. The Morgan fingerprint density at radius 1 is 1.10 bits per heavy atom. The van der Waals surface area contributed by atoms with Crippen molar-refractivity contribution in [3.8, 4) is 0 Å². The van der Waals surface area contributed by atoms with Gasteiger partial charge >= 0.3 is 0 Å². The fourth-order valence-corrected chi connectivity index (χ4v) is 3.35. The number of rotatable bonds is 2. The second-order valence-electron chi connectivity index (χ2n) is 5.99. The lowest BCUT2D eigenvalue weighted by Gasteiger charge is -2.34. The summed E-state index contributed by atoms with van der Waals surface area (Å²) >= 11 is 0. The molecule has 2 fully saturated rings. The van der Waals surface area contributed by atoms with E-state index in [2.05, 4.69) is 0 Å². The van der Waals surface area contributed by atoms with Gasteiger partial charge < -0.3 is 9.80 Å². The second-order valence-corrected chi connectivity index (χ2v) is 5.99. The summed E-state index contributed by atoms with van der Waals surface area (Å²) in [6.45, 7) is 0. The maximum atomic E-state index is 12.6. The van der Waals surface area contributed by atoms with Crippen molar-refractivity contribution in [2.75, 3.05) is 19.0 Å². The molecule has 0 spiro atoms. The summed E-state index contributed by atoms with van der Waals surface area (Å²) in [4.78, 5) is 28.2. The molecule has 2 atom stereocenters. The van der Waals surface area contributed by atoms with Gasteiger partial charge in [-0.3, -0.25) is 9.59 Å². The van der Waals surface area contributed by atoms with Crippen LogP contribution in [0.2, 0.25) is 0 Å². The van der Waals surface area contributed by atoms with E-state index in [0.717, 1.165) is 24.1 Å². The number of ketones is 1. The molecule has 20 heavy (non-hydrogen) atoms. The normalized spacial score (nSPS) is 24.9. The van der Waals surface area contributed by atoms with Gasteiger partial charge in [-0.2, -0.15) is 0 Å². The molecule has 2 unspecified atom stereocenters. The van der Waals surface area contributed by atoms with Crippen LogP contribution in [0.3, 0.4) is 0 Å². The van der Waals surface area contributed by atoms with E-state index < -0.39 is 0 Å². The highest BCUT2D eigenvalue weighted by molar-refractivity contribution is 5.96. The van der Waals surface area contributed by atoms with Gasteiger partial charge in [-0.05, 0) is 37.1 Å². The van der Waals surface area contributed by atoms with Crippen molar-refractivity contribution in [2.45, 2.75) is 37.8 Å². The SMILES string of the molecule is CN(C)c1ccc(C(=O)N2C3CCC2CC(=O)C3)cc1. The van der Waals surface area contributed by atoms with Gasteiger partial charge in [0, 0.05) is 50.3 Å². The lowest BCUT2D eigenvalue weighted by atomic mass is 10.00. The van der Waals surface area contributed by atoms with Crippen LogP contribution in [0.1, 0.15) is 36.0 Å². The van der Waals surface area contributed by atoms with Crippen molar-refractivity contribution in [1.29, 1.82) is 0 Å². The van der Waals surface area contributed by atoms with Gasteiger partial charge in [0.25, 0.3) is 5.91 Å². The second kappa shape index (κ2) is 4.93. The Morgan fingerprint density at radius 3 is 2.15 bits per heavy atom. The monoisotopic (exact) mass is 272 g/mol. The molecule has 3 rings (SSSR count). The number of carbonyl (C=O) groups excluding carboxylic acids is 2. The van der Waals surface area contributed by atoms with Crippen LogP contribution >= 0.6 is 0 Å². The number of anilines is 1. The molecule has 106 valence electrons. The molecule has 4 heteroatoms. The van der Waals surface area contributed by atoms with Gasteiger partial charge in [-0.15, -0.1) is 0 Å². The van der Waals surface area contributed by atoms with E-state index in [1.165, 1.54) is 0 Å². The third kappa shape index (κ3) is 2.19. The molecule has 0 aliphatic carbocycles. The number of hydrogen-bond donors (Lipinski definition) is 0. The lowest BCUT2D eigenvalue weighted by Crippen LogP contribution is -2.46. The molecule has 4 nitrogen and oxygen atoms in total. The zero-order valence-electron chi connectivity index (χ0n) is 12.0. The maximum Gasteiger partial charge on any atom is 0.254 e. The van der Waals surface area contributed by atoms with Crippen molar-refractivity contribution in [3.63, 3.8) is 0 Å². The van der Waals surface area contributed by atoms with Gasteiger partial charge in [0.1, 0.15) is 5.78 Å².